The van der Waals surface area contributed by atoms with Crippen LogP contribution in [0.5, 0.6) is 0 Å². The van der Waals surface area contributed by atoms with Gasteiger partial charge in [0.05, 0.1) is 0 Å². The molecule has 0 saturated heterocycles. The van der Waals surface area contributed by atoms with Gasteiger partial charge in [0.1, 0.15) is 0 Å². The molecule has 0 atom stereocenters. The Balaban J connectivity index is -0.000000000179. The van der Waals surface area contributed by atoms with E-state index in [9.17, 15) is 0 Å². The summed E-state index contributed by atoms with van der Waals surface area (Å²) >= 11 is 2.89. The topological polar surface area (TPSA) is 61.5 Å². The molecule has 3 N–H and O–H groups in total. The van der Waals surface area contributed by atoms with Crippen molar-refractivity contribution in [2.45, 2.75) is 14.9 Å². The molecule has 0 aliphatic heterocycles. The van der Waals surface area contributed by atoms with Crippen LogP contribution in [-0.2, 0) is 13.5 Å². The molecule has 50 valence electrons. The largest absolute Gasteiger partial charge is 0.870 e. The van der Waals surface area contributed by atoms with E-state index < -0.39 is 0 Å². The Morgan fingerprint density at radius 2 is 0.800 bits per heavy atom. The van der Waals surface area contributed by atoms with Crippen molar-refractivity contribution in [1.29, 1.82) is 0 Å². The Morgan fingerprint density at radius 3 is 0.800 bits per heavy atom. The summed E-state index contributed by atoms with van der Waals surface area (Å²) < 4.78 is 0. The molecule has 10 heavy (non-hydrogen) atoms. The van der Waals surface area contributed by atoms with Crippen LogP contribution in [-0.4, -0.2) is 54.6 Å². The van der Waals surface area contributed by atoms with E-state index in [1.54, 1.807) is 0 Å². The average Bonchev–Trinajstić information content (AvgIpc) is 1.00. The van der Waals surface area contributed by atoms with Gasteiger partial charge < -0.3 is 24.4 Å². The van der Waals surface area contributed by atoms with Gasteiger partial charge in [0.2, 0.25) is 0 Å². The number of rotatable bonds is 0. The fourth-order valence-corrected chi connectivity index (χ4v) is 0. The third kappa shape index (κ3) is 79.8. The number of hydrogen-bond donors (Lipinski definition) is 0. The van der Waals surface area contributed by atoms with Crippen molar-refractivity contribution in [2.75, 3.05) is 0 Å². The summed E-state index contributed by atoms with van der Waals surface area (Å²) in [5.74, 6) is 0. The zero-order chi connectivity index (χ0) is 2.00. The van der Waals surface area contributed by atoms with Crippen molar-refractivity contribution >= 4 is 70.6 Å². The maximum atomic E-state index is 1.44. The maximum absolute atomic E-state index is 1.44. The Bertz CT molecular complexity index is 19.2. The monoisotopic (exact) mass is 226 g/mol. The Morgan fingerprint density at radius 1 is 0.800 bits per heavy atom. The first kappa shape index (κ1) is 85.9. The van der Waals surface area contributed by atoms with Crippen LogP contribution < -0.4 is 59.1 Å². The molecule has 0 heterocycles. The van der Waals surface area contributed by atoms with E-state index in [1.165, 1.54) is 43.6 Å². The van der Waals surface area contributed by atoms with Gasteiger partial charge >= 0.3 is 103 Å². The molecule has 0 aromatic rings. The van der Waals surface area contributed by atoms with Gasteiger partial charge in [-0.25, -0.2) is 0 Å². The molecule has 0 aliphatic rings. The summed E-state index contributed by atoms with van der Waals surface area (Å²) in [6.45, 7) is 0. The quantitative estimate of drug-likeness (QED) is 0.234. The molecular formula is C2H14Na4O2S2. The molecule has 0 rings (SSSR count). The predicted octanol–water partition coefficient (Wildman–Crippen LogP) is -6.64. The predicted molar refractivity (Wildman–Crippen MR) is 49.7 cm³/mol. The molecule has 0 fully saturated rings. The smallest absolute Gasteiger partial charge is 0.813 e. The molecule has 0 spiro atoms. The zero-order valence-corrected chi connectivity index (χ0v) is 15.8. The minimum Gasteiger partial charge on any atom is -0.870 e. The third-order valence-corrected chi connectivity index (χ3v) is 0. The van der Waals surface area contributed by atoms with Crippen LogP contribution in [0.3, 0.4) is 0 Å². The Labute approximate surface area is 152 Å². The average molecular weight is 226 g/mol. The standard InChI is InChI=1S/2CH4.4Na.2H2O.2H2S/h2*1H4;;;;;4*1H2/q;;;;2*+1;;;;/p-2. The van der Waals surface area contributed by atoms with Crippen molar-refractivity contribution in [3.63, 3.8) is 0 Å². The van der Waals surface area contributed by atoms with E-state index in [-0.39, 0.29) is 112 Å². The van der Waals surface area contributed by atoms with Gasteiger partial charge in [0.25, 0.3) is 0 Å². The molecule has 0 radical (unpaired) electrons. The summed E-state index contributed by atoms with van der Waals surface area (Å²) in [7, 11) is 0. The van der Waals surface area contributed by atoms with Crippen LogP contribution in [0, 0.1) is 0 Å². The molecule has 8 heteroatoms. The summed E-state index contributed by atoms with van der Waals surface area (Å²) in [6.07, 6.45) is 0. The molecule has 0 aromatic heterocycles. The molecule has 0 amide bonds. The molecule has 0 aromatic carbocycles. The molecule has 0 aliphatic carbocycles. The second-order valence-corrected chi connectivity index (χ2v) is 0. The van der Waals surface area contributed by atoms with E-state index in [1.807, 2.05) is 0 Å². The fourth-order valence-electron chi connectivity index (χ4n) is 0. The van der Waals surface area contributed by atoms with E-state index in [4.69, 9.17) is 0 Å². The summed E-state index contributed by atoms with van der Waals surface area (Å²) in [5, 5.41) is 0. The number of thiol groups is 1. The van der Waals surface area contributed by atoms with Crippen molar-refractivity contribution in [2.24, 2.45) is 0 Å². The van der Waals surface area contributed by atoms with Gasteiger partial charge in [-0.2, -0.15) is 13.5 Å². The molecule has 2 nitrogen and oxygen atoms in total. The van der Waals surface area contributed by atoms with Crippen molar-refractivity contribution < 1.29 is 70.1 Å². The minimum atomic E-state index is 0. The summed E-state index contributed by atoms with van der Waals surface area (Å²) in [5.41, 5.74) is 0. The molecule has 0 saturated carbocycles. The van der Waals surface area contributed by atoms with Gasteiger partial charge in [-0.3, -0.25) is 0 Å². The molecular weight excluding hydrogens is 212 g/mol. The van der Waals surface area contributed by atoms with Crippen LogP contribution in [0.15, 0.2) is 0 Å². The fraction of sp³-hybridized carbons (Fsp3) is 1.00. The van der Waals surface area contributed by atoms with E-state index in [2.05, 4.69) is 0 Å². The Kier molecular flexibility index (Phi) is 873. The van der Waals surface area contributed by atoms with Gasteiger partial charge in [0.15, 0.2) is 0 Å². The van der Waals surface area contributed by atoms with Crippen LogP contribution >= 0.6 is 13.5 Å². The van der Waals surface area contributed by atoms with Crippen molar-refractivity contribution in [3.05, 3.63) is 0 Å². The van der Waals surface area contributed by atoms with Crippen LogP contribution in [0.2, 0.25) is 0 Å². The SMILES string of the molecule is C.C.O.S.[Na+].[Na+].[Na][Na].[OH-].[SH-]. The maximum Gasteiger partial charge on any atom is -0.813 e. The van der Waals surface area contributed by atoms with E-state index in [0.717, 1.165) is 0 Å². The Hall–Kier alpha value is 4.62. The summed E-state index contributed by atoms with van der Waals surface area (Å²) in [4.78, 5) is 0. The van der Waals surface area contributed by atoms with Crippen LogP contribution in [0.25, 0.3) is 0 Å². The normalized spacial score (nSPS) is 0.800. The zero-order valence-electron chi connectivity index (χ0n) is 5.89. The van der Waals surface area contributed by atoms with Crippen molar-refractivity contribution in [1.82, 2.24) is 0 Å². The number of hydrogen-bond acceptors (Lipinski definition) is 2. The minimum absolute atomic E-state index is 0. The second kappa shape index (κ2) is 102. The van der Waals surface area contributed by atoms with Gasteiger partial charge in [-0.1, -0.05) is 14.9 Å². The third-order valence-electron chi connectivity index (χ3n) is 0. The van der Waals surface area contributed by atoms with E-state index in [0.29, 0.717) is 0 Å². The van der Waals surface area contributed by atoms with E-state index >= 15 is 0 Å². The van der Waals surface area contributed by atoms with Crippen LogP contribution in [0.4, 0.5) is 0 Å². The summed E-state index contributed by atoms with van der Waals surface area (Å²) in [6, 6.07) is 0. The van der Waals surface area contributed by atoms with Gasteiger partial charge in [-0.15, -0.1) is 0 Å². The van der Waals surface area contributed by atoms with Gasteiger partial charge in [-0.05, 0) is 0 Å². The molecule has 0 bridgehead atoms. The first-order valence-corrected chi connectivity index (χ1v) is 9.00. The van der Waals surface area contributed by atoms with Gasteiger partial charge in [0, 0.05) is 0 Å². The first-order chi connectivity index (χ1) is 1.00. The second-order valence-electron chi connectivity index (χ2n) is 0. The van der Waals surface area contributed by atoms with Crippen LogP contribution in [0.1, 0.15) is 14.9 Å². The molecule has 0 unspecified atom stereocenters. The first-order valence-electron chi connectivity index (χ1n) is 1.00. The van der Waals surface area contributed by atoms with Crippen molar-refractivity contribution in [3.8, 4) is 0 Å².